The molecule has 1 aromatic rings. The van der Waals surface area contributed by atoms with Crippen LogP contribution in [0.4, 0.5) is 14.5 Å². The highest BCUT2D eigenvalue weighted by Crippen LogP contribution is 2.40. The lowest BCUT2D eigenvalue weighted by atomic mass is 10.2. The van der Waals surface area contributed by atoms with Gasteiger partial charge in [0.25, 0.3) is 6.43 Å². The molecule has 1 aromatic carbocycles. The largest absolute Gasteiger partial charge is 0.340 e. The highest BCUT2D eigenvalue weighted by Gasteiger charge is 2.37. The third-order valence-electron chi connectivity index (χ3n) is 4.02. The van der Waals surface area contributed by atoms with E-state index >= 15 is 0 Å². The van der Waals surface area contributed by atoms with Crippen molar-refractivity contribution in [2.45, 2.75) is 19.3 Å². The summed E-state index contributed by atoms with van der Waals surface area (Å²) in [5.41, 5.74) is 2.57. The molecule has 0 spiro atoms. The van der Waals surface area contributed by atoms with Crippen LogP contribution in [-0.2, 0) is 0 Å². The molecule has 1 N–H and O–H groups in total. The first-order chi connectivity index (χ1) is 11.0. The number of benzene rings is 1. The van der Waals surface area contributed by atoms with Gasteiger partial charge in [-0.2, -0.15) is 0 Å². The van der Waals surface area contributed by atoms with E-state index in [0.717, 1.165) is 18.5 Å². The van der Waals surface area contributed by atoms with Crippen LogP contribution in [0.2, 0.25) is 10.0 Å². The molecule has 0 amide bonds. The van der Waals surface area contributed by atoms with Crippen molar-refractivity contribution in [3.63, 3.8) is 0 Å². The predicted octanol–water partition coefficient (Wildman–Crippen LogP) is 4.67. The Morgan fingerprint density at radius 2 is 1.96 bits per heavy atom. The second-order valence-corrected chi connectivity index (χ2v) is 6.43. The van der Waals surface area contributed by atoms with Crippen molar-refractivity contribution in [1.82, 2.24) is 10.3 Å². The lowest BCUT2D eigenvalue weighted by Gasteiger charge is -2.38. The molecule has 3 aliphatic rings. The fourth-order valence-corrected chi connectivity index (χ4v) is 3.32. The number of halogens is 4. The van der Waals surface area contributed by atoms with Crippen LogP contribution in [0, 0.1) is 0 Å². The number of nitrogens with zero attached hydrogens (tertiary/aromatic N) is 2. The predicted molar refractivity (Wildman–Crippen MR) is 87.2 cm³/mol. The van der Waals surface area contributed by atoms with E-state index < -0.39 is 6.43 Å². The minimum absolute atomic E-state index is 0.0482. The molecule has 0 bridgehead atoms. The molecule has 7 heteroatoms. The van der Waals surface area contributed by atoms with Crippen LogP contribution in [0.3, 0.4) is 0 Å². The number of alkyl halides is 2. The van der Waals surface area contributed by atoms with Gasteiger partial charge in [0, 0.05) is 10.7 Å². The monoisotopic (exact) mass is 355 g/mol. The first-order valence-corrected chi connectivity index (χ1v) is 8.02. The molecule has 4 rings (SSSR count). The van der Waals surface area contributed by atoms with Crippen molar-refractivity contribution < 1.29 is 8.78 Å². The second-order valence-electron chi connectivity index (χ2n) is 5.59. The average Bonchev–Trinajstić information content (AvgIpc) is 3.27. The molecule has 1 aliphatic carbocycles. The molecule has 3 nitrogen and oxygen atoms in total. The van der Waals surface area contributed by atoms with Crippen molar-refractivity contribution >= 4 is 28.9 Å². The molecule has 0 atom stereocenters. The van der Waals surface area contributed by atoms with Crippen molar-refractivity contribution in [2.24, 2.45) is 0 Å². The van der Waals surface area contributed by atoms with Crippen LogP contribution in [0.1, 0.15) is 12.8 Å². The first-order valence-electron chi connectivity index (χ1n) is 7.26. The van der Waals surface area contributed by atoms with E-state index in [9.17, 15) is 8.78 Å². The van der Waals surface area contributed by atoms with Gasteiger partial charge in [0.1, 0.15) is 11.5 Å². The Morgan fingerprint density at radius 3 is 2.61 bits per heavy atom. The standard InChI is InChI=1S/C16H13Cl2F2N3/c17-10-3-4-13(11(18)7-10)22-6-5-15-21-12(9-1-2-9)8-14(16(19)20)23(15)22/h3-5,7-8,16,21H,1-2,6H2. The lowest BCUT2D eigenvalue weighted by molar-refractivity contribution is 0.146. The Bertz CT molecular complexity index is 765. The van der Waals surface area contributed by atoms with E-state index in [1.54, 1.807) is 23.2 Å². The van der Waals surface area contributed by atoms with Gasteiger partial charge in [0.05, 0.1) is 17.3 Å². The van der Waals surface area contributed by atoms with Crippen LogP contribution in [-0.4, -0.2) is 18.0 Å². The molecule has 1 fully saturated rings. The zero-order valence-corrected chi connectivity index (χ0v) is 13.5. The summed E-state index contributed by atoms with van der Waals surface area (Å²) in [6.07, 6.45) is 2.77. The summed E-state index contributed by atoms with van der Waals surface area (Å²) >= 11 is 12.2. The fourth-order valence-electron chi connectivity index (χ4n) is 2.81. The van der Waals surface area contributed by atoms with Gasteiger partial charge in [0.15, 0.2) is 0 Å². The van der Waals surface area contributed by atoms with Crippen molar-refractivity contribution in [2.75, 3.05) is 11.6 Å². The second kappa shape index (κ2) is 5.42. The van der Waals surface area contributed by atoms with Crippen molar-refractivity contribution in [1.29, 1.82) is 0 Å². The molecule has 120 valence electrons. The Labute approximate surface area is 142 Å². The smallest absolute Gasteiger partial charge is 0.280 e. The topological polar surface area (TPSA) is 18.5 Å². The lowest BCUT2D eigenvalue weighted by Crippen LogP contribution is -2.44. The summed E-state index contributed by atoms with van der Waals surface area (Å²) in [7, 11) is 0. The summed E-state index contributed by atoms with van der Waals surface area (Å²) in [4.78, 5) is 0. The maximum absolute atomic E-state index is 13.6. The maximum Gasteiger partial charge on any atom is 0.280 e. The maximum atomic E-state index is 13.6. The zero-order chi connectivity index (χ0) is 16.1. The quantitative estimate of drug-likeness (QED) is 0.831. The van der Waals surface area contributed by atoms with Gasteiger partial charge in [-0.15, -0.1) is 0 Å². The number of fused-ring (bicyclic) bond motifs is 1. The zero-order valence-electron chi connectivity index (χ0n) is 12.0. The molecular weight excluding hydrogens is 343 g/mol. The van der Waals surface area contributed by atoms with Crippen LogP contribution in [0.25, 0.3) is 0 Å². The number of allylic oxidation sites excluding steroid dienone is 3. The molecule has 2 aliphatic heterocycles. The normalized spacial score (nSPS) is 19.7. The Morgan fingerprint density at radius 1 is 1.17 bits per heavy atom. The van der Waals surface area contributed by atoms with E-state index in [2.05, 4.69) is 5.32 Å². The fraction of sp³-hybridized carbons (Fsp3) is 0.250. The third-order valence-corrected chi connectivity index (χ3v) is 4.56. The molecule has 1 saturated carbocycles. The summed E-state index contributed by atoms with van der Waals surface area (Å²) in [5, 5.41) is 7.38. The Balaban J connectivity index is 1.76. The van der Waals surface area contributed by atoms with E-state index in [1.807, 2.05) is 6.08 Å². The number of hydrogen-bond donors (Lipinski definition) is 1. The molecular formula is C16H13Cl2F2N3. The molecule has 23 heavy (non-hydrogen) atoms. The van der Waals surface area contributed by atoms with E-state index in [1.165, 1.54) is 16.7 Å². The summed E-state index contributed by atoms with van der Waals surface area (Å²) in [6.45, 7) is 0.455. The molecule has 0 radical (unpaired) electrons. The Kier molecular flexibility index (Phi) is 3.50. The van der Waals surface area contributed by atoms with Crippen LogP contribution in [0.5, 0.6) is 0 Å². The first kappa shape index (κ1) is 14.8. The summed E-state index contributed by atoms with van der Waals surface area (Å²) in [5.74, 6) is 0.642. The van der Waals surface area contributed by atoms with Gasteiger partial charge in [-0.25, -0.2) is 13.8 Å². The number of hydrazine groups is 1. The van der Waals surface area contributed by atoms with Gasteiger partial charge < -0.3 is 5.32 Å². The van der Waals surface area contributed by atoms with E-state index in [4.69, 9.17) is 23.2 Å². The SMILES string of the molecule is FC(F)C1=CC(=C2CC2)NC2=CCN(c3ccc(Cl)cc3Cl)N21. The summed E-state index contributed by atoms with van der Waals surface area (Å²) < 4.78 is 27.2. The number of rotatable bonds is 2. The van der Waals surface area contributed by atoms with Crippen molar-refractivity contribution in [3.05, 3.63) is 63.2 Å². The average molecular weight is 356 g/mol. The summed E-state index contributed by atoms with van der Waals surface area (Å²) in [6, 6.07) is 5.04. The van der Waals surface area contributed by atoms with Crippen LogP contribution in [0.15, 0.2) is 53.1 Å². The van der Waals surface area contributed by atoms with E-state index in [0.29, 0.717) is 28.1 Å². The number of hydrogen-bond acceptors (Lipinski definition) is 3. The molecule has 2 heterocycles. The number of nitrogens with one attached hydrogen (secondary N) is 1. The van der Waals surface area contributed by atoms with Gasteiger partial charge >= 0.3 is 0 Å². The highest BCUT2D eigenvalue weighted by molar-refractivity contribution is 6.36. The minimum Gasteiger partial charge on any atom is -0.340 e. The highest BCUT2D eigenvalue weighted by atomic mass is 35.5. The van der Waals surface area contributed by atoms with Crippen LogP contribution >= 0.6 is 23.2 Å². The van der Waals surface area contributed by atoms with E-state index in [-0.39, 0.29) is 5.70 Å². The molecule has 0 saturated heterocycles. The molecule has 0 aromatic heterocycles. The third kappa shape index (κ3) is 2.58. The number of anilines is 1. The van der Waals surface area contributed by atoms with Crippen LogP contribution < -0.4 is 10.3 Å². The Hall–Kier alpha value is -1.72. The van der Waals surface area contributed by atoms with Crippen molar-refractivity contribution in [3.8, 4) is 0 Å². The van der Waals surface area contributed by atoms with Gasteiger partial charge in [-0.3, -0.25) is 5.01 Å². The van der Waals surface area contributed by atoms with Gasteiger partial charge in [0.2, 0.25) is 0 Å². The van der Waals surface area contributed by atoms with Gasteiger partial charge in [-0.05, 0) is 48.8 Å². The minimum atomic E-state index is -2.58. The molecule has 0 unspecified atom stereocenters. The van der Waals surface area contributed by atoms with Gasteiger partial charge in [-0.1, -0.05) is 23.2 Å².